The molecule has 0 aliphatic rings. The number of aliphatic imine (C=N–C) groups is 2. The molecule has 10 aromatic carbocycles. The number of phenolic OH excluding ortho intramolecular Hbond substituents is 2. The van der Waals surface area contributed by atoms with Gasteiger partial charge in [0.25, 0.3) is 0 Å². The zero-order valence-corrected chi connectivity index (χ0v) is 42.1. The second kappa shape index (κ2) is 19.5. The van der Waals surface area contributed by atoms with Gasteiger partial charge < -0.3 is 10.2 Å². The summed E-state index contributed by atoms with van der Waals surface area (Å²) in [5.41, 5.74) is 14.2. The lowest BCUT2D eigenvalue weighted by atomic mass is 9.86. The maximum atomic E-state index is 12.1. The van der Waals surface area contributed by atoms with Crippen molar-refractivity contribution in [1.29, 1.82) is 0 Å². The molecular weight excluding hydrogens is 865 g/mol. The van der Waals surface area contributed by atoms with Crippen molar-refractivity contribution < 1.29 is 10.2 Å². The molecule has 352 valence electrons. The van der Waals surface area contributed by atoms with Crippen LogP contribution in [0.25, 0.3) is 65.3 Å². The van der Waals surface area contributed by atoms with Crippen LogP contribution in [0.15, 0.2) is 180 Å². The van der Waals surface area contributed by atoms with Crippen molar-refractivity contribution in [3.8, 4) is 33.8 Å². The summed E-state index contributed by atoms with van der Waals surface area (Å²) in [6.45, 7) is 17.9. The number of phenols is 2. The first-order chi connectivity index (χ1) is 34.4. The summed E-state index contributed by atoms with van der Waals surface area (Å²) in [7, 11) is 0. The predicted octanol–water partition coefficient (Wildman–Crippen LogP) is 18.6. The van der Waals surface area contributed by atoms with Crippen LogP contribution in [0.4, 0.5) is 11.4 Å². The average molecular weight is 927 g/mol. The van der Waals surface area contributed by atoms with Gasteiger partial charge >= 0.3 is 0 Å². The molecule has 10 rings (SSSR count). The second-order valence-corrected chi connectivity index (χ2v) is 20.4. The Morgan fingerprint density at radius 1 is 0.366 bits per heavy atom. The Morgan fingerprint density at radius 3 is 0.958 bits per heavy atom. The molecule has 0 unspecified atom stereocenters. The van der Waals surface area contributed by atoms with Crippen LogP contribution < -0.4 is 0 Å². The molecule has 4 nitrogen and oxygen atoms in total. The smallest absolute Gasteiger partial charge is 0.132 e. The fraction of sp³-hybridized carbons (Fsp3) is 0.194. The monoisotopic (exact) mass is 926 g/mol. The molecule has 0 fully saturated rings. The summed E-state index contributed by atoms with van der Waals surface area (Å²) in [6.07, 6.45) is 4.46. The van der Waals surface area contributed by atoms with Gasteiger partial charge in [0.15, 0.2) is 0 Å². The van der Waals surface area contributed by atoms with Gasteiger partial charge in [-0.05, 0) is 131 Å². The van der Waals surface area contributed by atoms with Gasteiger partial charge in [0.05, 0.1) is 11.4 Å². The number of aromatic hydroxyl groups is 2. The molecular formula is C67H62N2O2. The summed E-state index contributed by atoms with van der Waals surface area (Å²) in [4.78, 5) is 10.5. The van der Waals surface area contributed by atoms with Gasteiger partial charge in [-0.3, -0.25) is 9.98 Å². The van der Waals surface area contributed by atoms with Crippen LogP contribution in [0, 0.1) is 0 Å². The number of para-hydroxylation sites is 2. The predicted molar refractivity (Wildman–Crippen MR) is 304 cm³/mol. The molecule has 0 aliphatic carbocycles. The first-order valence-corrected chi connectivity index (χ1v) is 25.2. The van der Waals surface area contributed by atoms with E-state index < -0.39 is 0 Å². The Kier molecular flexibility index (Phi) is 12.9. The summed E-state index contributed by atoms with van der Waals surface area (Å²) < 4.78 is 0. The van der Waals surface area contributed by atoms with Crippen molar-refractivity contribution in [2.24, 2.45) is 9.98 Å². The van der Waals surface area contributed by atoms with Crippen molar-refractivity contribution in [1.82, 2.24) is 0 Å². The van der Waals surface area contributed by atoms with E-state index in [4.69, 9.17) is 9.98 Å². The zero-order chi connectivity index (χ0) is 49.5. The van der Waals surface area contributed by atoms with Gasteiger partial charge in [-0.2, -0.15) is 0 Å². The molecule has 4 heteroatoms. The molecule has 0 saturated carbocycles. The van der Waals surface area contributed by atoms with Crippen LogP contribution in [0.3, 0.4) is 0 Å². The second-order valence-electron chi connectivity index (χ2n) is 20.4. The standard InChI is InChI=1S/C67H62N2O2/c1-40(2)58-32-44(33-59(41(3)4)64(58)68-38-50-23-17-29-56(66(50)70)62-52-25-13-9-19-46(52)36-47-20-10-14-26-53(47)62)31-45-34-60(42(5)6)65(61(35-45)43(7)8)69-39-51-24-18-30-57(67(51)71)63-54-27-15-11-21-48(54)37-49-22-12-16-28-55(49)63/h9-30,32-43,70-71H,31H2,1-8H3. The third-order valence-electron chi connectivity index (χ3n) is 14.2. The maximum Gasteiger partial charge on any atom is 0.132 e. The molecule has 71 heavy (non-hydrogen) atoms. The lowest BCUT2D eigenvalue weighted by Gasteiger charge is -2.21. The highest BCUT2D eigenvalue weighted by molar-refractivity contribution is 6.15. The molecule has 0 atom stereocenters. The van der Waals surface area contributed by atoms with Gasteiger partial charge in [-0.25, -0.2) is 0 Å². The van der Waals surface area contributed by atoms with E-state index in [1.54, 1.807) is 0 Å². The first-order valence-electron chi connectivity index (χ1n) is 25.2. The highest BCUT2D eigenvalue weighted by Crippen LogP contribution is 2.45. The summed E-state index contributed by atoms with van der Waals surface area (Å²) >= 11 is 0. The largest absolute Gasteiger partial charge is 0.507 e. The number of nitrogens with zero attached hydrogens (tertiary/aromatic N) is 2. The normalized spacial score (nSPS) is 12.2. The summed E-state index contributed by atoms with van der Waals surface area (Å²) in [5.74, 6) is 1.30. The average Bonchev–Trinajstić information content (AvgIpc) is 3.36. The van der Waals surface area contributed by atoms with Crippen LogP contribution in [0.1, 0.15) is 124 Å². The molecule has 10 aromatic rings. The van der Waals surface area contributed by atoms with Gasteiger partial charge in [0.1, 0.15) is 11.5 Å². The van der Waals surface area contributed by atoms with Crippen LogP contribution in [-0.4, -0.2) is 22.6 Å². The third-order valence-corrected chi connectivity index (χ3v) is 14.2. The number of rotatable bonds is 12. The summed E-state index contributed by atoms with van der Waals surface area (Å²) in [6, 6.07) is 59.4. The van der Waals surface area contributed by atoms with Gasteiger partial charge in [-0.15, -0.1) is 0 Å². The van der Waals surface area contributed by atoms with Crippen molar-refractivity contribution in [2.45, 2.75) is 85.5 Å². The molecule has 0 aromatic heterocycles. The SMILES string of the molecule is CC(C)c1cc(Cc2cc(C(C)C)c(N=Cc3cccc(-c4c5ccccc5cc5ccccc45)c3O)c(C(C)C)c2)cc(C(C)C)c1N=Cc1cccc(-c2c3ccccc3cc3ccccc23)c1O. The van der Waals surface area contributed by atoms with E-state index in [9.17, 15) is 10.2 Å². The Hall–Kier alpha value is -7.82. The van der Waals surface area contributed by atoms with Crippen molar-refractivity contribution in [3.63, 3.8) is 0 Å². The van der Waals surface area contributed by atoms with E-state index >= 15 is 0 Å². The summed E-state index contributed by atoms with van der Waals surface area (Å²) in [5, 5.41) is 33.1. The van der Waals surface area contributed by atoms with Crippen molar-refractivity contribution >= 4 is 66.9 Å². The number of hydrogen-bond acceptors (Lipinski definition) is 4. The van der Waals surface area contributed by atoms with Crippen LogP contribution in [-0.2, 0) is 6.42 Å². The van der Waals surface area contributed by atoms with E-state index in [2.05, 4.69) is 189 Å². The van der Waals surface area contributed by atoms with Crippen LogP contribution >= 0.6 is 0 Å². The molecule has 0 saturated heterocycles. The Morgan fingerprint density at radius 2 is 0.662 bits per heavy atom. The van der Waals surface area contributed by atoms with Gasteiger partial charge in [-0.1, -0.05) is 201 Å². The Labute approximate surface area is 418 Å². The molecule has 0 heterocycles. The molecule has 0 aliphatic heterocycles. The fourth-order valence-corrected chi connectivity index (χ4v) is 10.6. The molecule has 0 amide bonds. The minimum Gasteiger partial charge on any atom is -0.507 e. The maximum absolute atomic E-state index is 12.1. The quantitative estimate of drug-likeness (QED) is 0.0947. The number of hydrogen-bond donors (Lipinski definition) is 2. The molecule has 0 radical (unpaired) electrons. The highest BCUT2D eigenvalue weighted by atomic mass is 16.3. The van der Waals surface area contributed by atoms with E-state index in [-0.39, 0.29) is 35.2 Å². The highest BCUT2D eigenvalue weighted by Gasteiger charge is 2.21. The molecule has 0 spiro atoms. The van der Waals surface area contributed by atoms with Crippen molar-refractivity contribution in [3.05, 3.63) is 214 Å². The van der Waals surface area contributed by atoms with Gasteiger partial charge in [0.2, 0.25) is 0 Å². The van der Waals surface area contributed by atoms with Crippen molar-refractivity contribution in [2.75, 3.05) is 0 Å². The Bertz CT molecular complexity index is 3310. The van der Waals surface area contributed by atoms with Crippen LogP contribution in [0.2, 0.25) is 0 Å². The topological polar surface area (TPSA) is 65.2 Å². The minimum atomic E-state index is 0.213. The molecule has 2 N–H and O–H groups in total. The lowest BCUT2D eigenvalue weighted by Crippen LogP contribution is -2.03. The molecule has 0 bridgehead atoms. The minimum absolute atomic E-state index is 0.213. The van der Waals surface area contributed by atoms with Gasteiger partial charge in [0, 0.05) is 45.8 Å². The fourth-order valence-electron chi connectivity index (χ4n) is 10.6. The number of benzene rings is 10. The van der Waals surface area contributed by atoms with E-state index in [0.717, 1.165) is 83.1 Å². The number of fused-ring (bicyclic) bond motifs is 4. The Balaban J connectivity index is 1.00. The van der Waals surface area contributed by atoms with E-state index in [1.807, 2.05) is 48.8 Å². The first kappa shape index (κ1) is 46.9. The third kappa shape index (κ3) is 9.00. The lowest BCUT2D eigenvalue weighted by molar-refractivity contribution is 0.476. The van der Waals surface area contributed by atoms with E-state index in [1.165, 1.54) is 33.4 Å². The van der Waals surface area contributed by atoms with E-state index in [0.29, 0.717) is 11.1 Å². The zero-order valence-electron chi connectivity index (χ0n) is 42.1. The van der Waals surface area contributed by atoms with Crippen LogP contribution in [0.5, 0.6) is 11.5 Å².